The van der Waals surface area contributed by atoms with Crippen LogP contribution in [0.5, 0.6) is 0 Å². The summed E-state index contributed by atoms with van der Waals surface area (Å²) in [4.78, 5) is 16.0. The van der Waals surface area contributed by atoms with Gasteiger partial charge in [0.1, 0.15) is 0 Å². The molecule has 144 valence electrons. The molecule has 1 amide bonds. The van der Waals surface area contributed by atoms with Gasteiger partial charge in [-0.05, 0) is 35.9 Å². The lowest BCUT2D eigenvalue weighted by Crippen LogP contribution is -2.37. The van der Waals surface area contributed by atoms with Crippen molar-refractivity contribution in [1.29, 1.82) is 0 Å². The van der Waals surface area contributed by atoms with E-state index < -0.39 is 15.1 Å². The number of halogens is 1. The second kappa shape index (κ2) is 8.06. The van der Waals surface area contributed by atoms with Crippen LogP contribution in [0.3, 0.4) is 0 Å². The molecule has 27 heavy (non-hydrogen) atoms. The fraction of sp³-hybridized carbons (Fsp3) is 0.316. The molecule has 1 aliphatic heterocycles. The Morgan fingerprint density at radius 2 is 1.74 bits per heavy atom. The van der Waals surface area contributed by atoms with Gasteiger partial charge in [0.15, 0.2) is 0 Å². The van der Waals surface area contributed by atoms with Crippen LogP contribution in [0.1, 0.15) is 15.9 Å². The van der Waals surface area contributed by atoms with Gasteiger partial charge in [-0.3, -0.25) is 4.79 Å². The fourth-order valence-corrected chi connectivity index (χ4v) is 3.53. The molecule has 6 nitrogen and oxygen atoms in total. The molecule has 0 saturated carbocycles. The van der Waals surface area contributed by atoms with E-state index in [1.807, 2.05) is 24.3 Å². The number of morpholine rings is 1. The molecule has 1 heterocycles. The third-order valence-electron chi connectivity index (χ3n) is 4.48. The number of benzene rings is 2. The molecule has 0 spiro atoms. The summed E-state index contributed by atoms with van der Waals surface area (Å²) in [6.45, 7) is 3.34. The number of hydrogen-bond acceptors (Lipinski definition) is 5. The van der Waals surface area contributed by atoms with Crippen molar-refractivity contribution in [2.75, 3.05) is 38.3 Å². The lowest BCUT2D eigenvalue weighted by Gasteiger charge is -2.31. The van der Waals surface area contributed by atoms with Crippen LogP contribution in [-0.4, -0.2) is 52.6 Å². The average Bonchev–Trinajstić information content (AvgIpc) is 2.68. The van der Waals surface area contributed by atoms with E-state index in [4.69, 9.17) is 4.74 Å². The standard InChI is InChI=1S/C19H21FN2O4S/c1-21(19(23)15-6-8-17(9-7-15)27(20,24)25)14-16-4-2-3-5-18(16)22-10-12-26-13-11-22/h2-9H,10-14H2,1H3. The Bertz CT molecular complexity index is 910. The van der Waals surface area contributed by atoms with Crippen molar-refractivity contribution in [3.63, 3.8) is 0 Å². The highest BCUT2D eigenvalue weighted by Crippen LogP contribution is 2.23. The maximum atomic E-state index is 13.0. The number of hydrogen-bond donors (Lipinski definition) is 0. The van der Waals surface area contributed by atoms with Gasteiger partial charge in [0.25, 0.3) is 5.91 Å². The second-order valence-corrected chi connectivity index (χ2v) is 7.70. The van der Waals surface area contributed by atoms with Gasteiger partial charge in [0.05, 0.1) is 18.1 Å². The highest BCUT2D eigenvalue weighted by atomic mass is 32.3. The van der Waals surface area contributed by atoms with Gasteiger partial charge < -0.3 is 14.5 Å². The number of carbonyl (C=O) groups is 1. The fourth-order valence-electron chi connectivity index (χ4n) is 3.07. The molecular formula is C19H21FN2O4S. The molecule has 2 aromatic carbocycles. The third-order valence-corrected chi connectivity index (χ3v) is 5.32. The number of rotatable bonds is 5. The minimum absolute atomic E-state index is 0.269. The summed E-state index contributed by atoms with van der Waals surface area (Å²) in [5.74, 6) is -0.269. The second-order valence-electron chi connectivity index (χ2n) is 6.35. The number of amides is 1. The highest BCUT2D eigenvalue weighted by Gasteiger charge is 2.19. The van der Waals surface area contributed by atoms with Crippen LogP contribution in [0.25, 0.3) is 0 Å². The van der Waals surface area contributed by atoms with E-state index in [-0.39, 0.29) is 5.91 Å². The first kappa shape index (κ1) is 19.3. The lowest BCUT2D eigenvalue weighted by molar-refractivity contribution is 0.0784. The van der Waals surface area contributed by atoms with Crippen LogP contribution in [-0.2, 0) is 21.5 Å². The minimum atomic E-state index is -4.77. The smallest absolute Gasteiger partial charge is 0.332 e. The monoisotopic (exact) mass is 392 g/mol. The number of carbonyl (C=O) groups excluding carboxylic acids is 1. The summed E-state index contributed by atoms with van der Waals surface area (Å²) in [6.07, 6.45) is 0. The van der Waals surface area contributed by atoms with Crippen LogP contribution in [0, 0.1) is 0 Å². The number of para-hydroxylation sites is 1. The molecule has 0 unspecified atom stereocenters. The summed E-state index contributed by atoms with van der Waals surface area (Å²) >= 11 is 0. The summed E-state index contributed by atoms with van der Waals surface area (Å²) < 4.78 is 40.2. The Morgan fingerprint density at radius 3 is 2.37 bits per heavy atom. The Hall–Kier alpha value is -2.45. The molecule has 1 saturated heterocycles. The highest BCUT2D eigenvalue weighted by molar-refractivity contribution is 7.86. The van der Waals surface area contributed by atoms with E-state index in [0.717, 1.165) is 36.5 Å². The van der Waals surface area contributed by atoms with Crippen LogP contribution in [0.4, 0.5) is 9.57 Å². The van der Waals surface area contributed by atoms with Crippen LogP contribution >= 0.6 is 0 Å². The minimum Gasteiger partial charge on any atom is -0.378 e. The molecule has 0 atom stereocenters. The van der Waals surface area contributed by atoms with Crippen molar-refractivity contribution < 1.29 is 21.8 Å². The number of ether oxygens (including phenoxy) is 1. The Morgan fingerprint density at radius 1 is 1.11 bits per heavy atom. The molecule has 0 bridgehead atoms. The molecule has 0 aromatic heterocycles. The maximum absolute atomic E-state index is 13.0. The molecule has 1 aliphatic rings. The zero-order valence-corrected chi connectivity index (χ0v) is 15.8. The van der Waals surface area contributed by atoms with E-state index in [9.17, 15) is 17.1 Å². The summed E-state index contributed by atoms with van der Waals surface area (Å²) in [5, 5.41) is 0. The third kappa shape index (κ3) is 4.64. The van der Waals surface area contributed by atoms with Crippen molar-refractivity contribution in [2.45, 2.75) is 11.4 Å². The SMILES string of the molecule is CN(Cc1ccccc1N1CCOCC1)C(=O)c1ccc(S(=O)(=O)F)cc1. The zero-order valence-electron chi connectivity index (χ0n) is 15.0. The van der Waals surface area contributed by atoms with Crippen LogP contribution in [0.2, 0.25) is 0 Å². The molecular weight excluding hydrogens is 371 g/mol. The molecule has 0 N–H and O–H groups in total. The van der Waals surface area contributed by atoms with E-state index in [2.05, 4.69) is 4.90 Å². The normalized spacial score (nSPS) is 14.8. The predicted molar refractivity (Wildman–Crippen MR) is 100 cm³/mol. The van der Waals surface area contributed by atoms with Crippen molar-refractivity contribution in [2.24, 2.45) is 0 Å². The van der Waals surface area contributed by atoms with Crippen LogP contribution in [0.15, 0.2) is 53.4 Å². The van der Waals surface area contributed by atoms with E-state index in [1.165, 1.54) is 12.1 Å². The molecule has 1 fully saturated rings. The average molecular weight is 392 g/mol. The van der Waals surface area contributed by atoms with E-state index in [1.54, 1.807) is 11.9 Å². The van der Waals surface area contributed by atoms with Gasteiger partial charge in [0, 0.05) is 37.9 Å². The first-order valence-corrected chi connectivity index (χ1v) is 9.95. The number of anilines is 1. The van der Waals surface area contributed by atoms with Crippen molar-refractivity contribution in [1.82, 2.24) is 4.90 Å². The lowest BCUT2D eigenvalue weighted by atomic mass is 10.1. The Balaban J connectivity index is 1.75. The zero-order chi connectivity index (χ0) is 19.4. The Labute approximate surface area is 158 Å². The largest absolute Gasteiger partial charge is 0.378 e. The van der Waals surface area contributed by atoms with Crippen molar-refractivity contribution in [3.05, 3.63) is 59.7 Å². The van der Waals surface area contributed by atoms with Crippen LogP contribution < -0.4 is 4.90 Å². The van der Waals surface area contributed by atoms with E-state index >= 15 is 0 Å². The van der Waals surface area contributed by atoms with Crippen molar-refractivity contribution >= 4 is 21.8 Å². The first-order valence-electron chi connectivity index (χ1n) is 8.57. The quantitative estimate of drug-likeness (QED) is 0.732. The molecule has 2 aromatic rings. The topological polar surface area (TPSA) is 66.9 Å². The molecule has 0 radical (unpaired) electrons. The summed E-state index contributed by atoms with van der Waals surface area (Å²) in [7, 11) is -3.09. The van der Waals surface area contributed by atoms with Gasteiger partial charge in [-0.25, -0.2) is 0 Å². The predicted octanol–water partition coefficient (Wildman–Crippen LogP) is 2.45. The molecule has 0 aliphatic carbocycles. The summed E-state index contributed by atoms with van der Waals surface area (Å²) in [5.41, 5.74) is 2.38. The van der Waals surface area contributed by atoms with Gasteiger partial charge >= 0.3 is 10.2 Å². The van der Waals surface area contributed by atoms with Gasteiger partial charge in [-0.2, -0.15) is 8.42 Å². The number of nitrogens with zero attached hydrogens (tertiary/aromatic N) is 2. The molecule has 8 heteroatoms. The van der Waals surface area contributed by atoms with Crippen molar-refractivity contribution in [3.8, 4) is 0 Å². The van der Waals surface area contributed by atoms with E-state index in [0.29, 0.717) is 25.3 Å². The van der Waals surface area contributed by atoms with Gasteiger partial charge in [-0.1, -0.05) is 18.2 Å². The molecule has 3 rings (SSSR count). The Kier molecular flexibility index (Phi) is 5.76. The first-order chi connectivity index (χ1) is 12.9. The maximum Gasteiger partial charge on any atom is 0.332 e. The summed E-state index contributed by atoms with van der Waals surface area (Å²) in [6, 6.07) is 12.7. The van der Waals surface area contributed by atoms with Gasteiger partial charge in [-0.15, -0.1) is 3.89 Å². The van der Waals surface area contributed by atoms with Gasteiger partial charge in [0.2, 0.25) is 0 Å².